The number of hydrogen-bond acceptors (Lipinski definition) is 3. The number of hydrogen-bond donors (Lipinski definition) is 2. The lowest BCUT2D eigenvalue weighted by Crippen LogP contribution is -2.48. The Bertz CT molecular complexity index is 868. The topological polar surface area (TPSA) is 76.8 Å². The fourth-order valence-electron chi connectivity index (χ4n) is 3.35. The minimum Gasteiger partial charge on any atom is -0.322 e. The lowest BCUT2D eigenvalue weighted by atomic mass is 10.0. The fraction of sp³-hybridized carbons (Fsp3) is 0.588. The summed E-state index contributed by atoms with van der Waals surface area (Å²) in [7, 11) is 2.85. The van der Waals surface area contributed by atoms with Crippen molar-refractivity contribution in [1.29, 1.82) is 0 Å². The molecule has 2 rings (SSSR count). The predicted octanol–water partition coefficient (Wildman–Crippen LogP) is 3.59. The van der Waals surface area contributed by atoms with E-state index in [-0.39, 0.29) is 33.9 Å². The van der Waals surface area contributed by atoms with Crippen LogP contribution in [0, 0.1) is 27.7 Å². The second-order valence-corrected chi connectivity index (χ2v) is 6.98. The molecule has 0 aliphatic rings. The first-order valence-electron chi connectivity index (χ1n) is 8.76. The van der Waals surface area contributed by atoms with Gasteiger partial charge in [0.05, 0.1) is 11.4 Å². The lowest BCUT2D eigenvalue weighted by molar-refractivity contribution is -0.158. The molecule has 0 spiro atoms. The normalized spacial score (nSPS) is 14.5. The monoisotopic (exact) mass is 440 g/mol. The summed E-state index contributed by atoms with van der Waals surface area (Å²) in [5, 5.41) is 11.0. The van der Waals surface area contributed by atoms with Gasteiger partial charge >= 0.3 is 18.4 Å². The maximum atomic E-state index is 13.6. The van der Waals surface area contributed by atoms with E-state index in [1.54, 1.807) is 10.6 Å². The van der Waals surface area contributed by atoms with Crippen LogP contribution in [0.4, 0.5) is 31.1 Å². The van der Waals surface area contributed by atoms with Crippen molar-refractivity contribution < 1.29 is 31.1 Å². The molecule has 2 amide bonds. The number of rotatable bonds is 4. The second-order valence-electron chi connectivity index (χ2n) is 6.98. The average molecular weight is 440 g/mol. The van der Waals surface area contributed by atoms with Gasteiger partial charge in [-0.1, -0.05) is 0 Å². The Labute approximate surface area is 168 Å². The number of halogens is 6. The van der Waals surface area contributed by atoms with Gasteiger partial charge in [-0.15, -0.1) is 0 Å². The van der Waals surface area contributed by atoms with Gasteiger partial charge < -0.3 is 10.6 Å². The molecule has 30 heavy (non-hydrogen) atoms. The second kappa shape index (κ2) is 7.84. The van der Waals surface area contributed by atoms with E-state index < -0.39 is 30.5 Å². The Morgan fingerprint density at radius 1 is 0.767 bits per heavy atom. The zero-order valence-corrected chi connectivity index (χ0v) is 17.1. The third-order valence-electron chi connectivity index (χ3n) is 4.91. The highest BCUT2D eigenvalue weighted by atomic mass is 19.4. The SMILES string of the molecule is Cc1nn(C)c(C)c1C(NC(=O)NC(c1c(C)nn(C)c1C)C(F)(F)F)C(F)(F)F. The number of aromatic nitrogens is 4. The summed E-state index contributed by atoms with van der Waals surface area (Å²) in [5.41, 5.74) is -0.384. The van der Waals surface area contributed by atoms with Crippen LogP contribution >= 0.6 is 0 Å². The molecule has 0 saturated heterocycles. The molecule has 168 valence electrons. The Kier molecular flexibility index (Phi) is 6.15. The van der Waals surface area contributed by atoms with E-state index in [4.69, 9.17) is 0 Å². The highest BCUT2D eigenvalue weighted by Gasteiger charge is 2.47. The standard InChI is InChI=1S/C17H22F6N6O/c1-7-11(9(3)28(5)26-7)13(16(18,19)20)24-15(30)25-14(17(21,22)23)12-8(2)27-29(6)10(12)4/h13-14H,1-6H3,(H2,24,25,30). The molecule has 2 aromatic heterocycles. The first-order valence-corrected chi connectivity index (χ1v) is 8.76. The van der Waals surface area contributed by atoms with Gasteiger partial charge in [-0.05, 0) is 27.7 Å². The Morgan fingerprint density at radius 2 is 1.07 bits per heavy atom. The minimum atomic E-state index is -4.95. The molecule has 0 radical (unpaired) electrons. The third-order valence-corrected chi connectivity index (χ3v) is 4.91. The number of carbonyl (C=O) groups is 1. The van der Waals surface area contributed by atoms with Crippen molar-refractivity contribution in [2.75, 3.05) is 0 Å². The molecular weight excluding hydrogens is 418 g/mol. The quantitative estimate of drug-likeness (QED) is 0.714. The largest absolute Gasteiger partial charge is 0.413 e. The molecular formula is C17H22F6N6O. The van der Waals surface area contributed by atoms with Crippen LogP contribution in [0.25, 0.3) is 0 Å². The molecule has 0 aliphatic carbocycles. The summed E-state index contributed by atoms with van der Waals surface area (Å²) < 4.78 is 84.3. The van der Waals surface area contributed by atoms with E-state index >= 15 is 0 Å². The number of amides is 2. The van der Waals surface area contributed by atoms with E-state index in [1.807, 2.05) is 0 Å². The maximum absolute atomic E-state index is 13.6. The van der Waals surface area contributed by atoms with Gasteiger partial charge in [0, 0.05) is 36.6 Å². The van der Waals surface area contributed by atoms with Crippen LogP contribution in [-0.2, 0) is 14.1 Å². The third kappa shape index (κ3) is 4.54. The van der Waals surface area contributed by atoms with E-state index in [0.717, 1.165) is 0 Å². The van der Waals surface area contributed by atoms with Crippen LogP contribution < -0.4 is 10.6 Å². The van der Waals surface area contributed by atoms with Gasteiger partial charge in [-0.2, -0.15) is 36.5 Å². The summed E-state index contributed by atoms with van der Waals surface area (Å²) in [5.74, 6) is 0. The molecule has 2 N–H and O–H groups in total. The van der Waals surface area contributed by atoms with Gasteiger partial charge in [0.25, 0.3) is 0 Å². The van der Waals surface area contributed by atoms with Crippen LogP contribution in [0.3, 0.4) is 0 Å². The molecule has 2 aromatic rings. The Balaban J connectivity index is 2.39. The number of nitrogens with one attached hydrogen (secondary N) is 2. The van der Waals surface area contributed by atoms with Crippen LogP contribution in [-0.4, -0.2) is 37.9 Å². The van der Waals surface area contributed by atoms with Crippen molar-refractivity contribution in [1.82, 2.24) is 30.2 Å². The highest BCUT2D eigenvalue weighted by Crippen LogP contribution is 2.38. The predicted molar refractivity (Wildman–Crippen MR) is 94.6 cm³/mol. The molecule has 0 bridgehead atoms. The van der Waals surface area contributed by atoms with Crippen molar-refractivity contribution >= 4 is 6.03 Å². The van der Waals surface area contributed by atoms with Crippen molar-refractivity contribution in [3.8, 4) is 0 Å². The van der Waals surface area contributed by atoms with Crippen LogP contribution in [0.5, 0.6) is 0 Å². The molecule has 0 fully saturated rings. The number of carbonyl (C=O) groups excluding carboxylic acids is 1. The van der Waals surface area contributed by atoms with Crippen molar-refractivity contribution in [2.24, 2.45) is 14.1 Å². The first-order chi connectivity index (χ1) is 13.6. The van der Waals surface area contributed by atoms with Crippen LogP contribution in [0.1, 0.15) is 46.0 Å². The zero-order chi connectivity index (χ0) is 23.2. The van der Waals surface area contributed by atoms with Gasteiger partial charge in [0.1, 0.15) is 0 Å². The summed E-state index contributed by atoms with van der Waals surface area (Å²) >= 11 is 0. The average Bonchev–Trinajstić information content (AvgIpc) is 2.96. The van der Waals surface area contributed by atoms with Crippen molar-refractivity contribution in [3.05, 3.63) is 33.9 Å². The first kappa shape index (κ1) is 23.5. The molecule has 2 heterocycles. The summed E-state index contributed by atoms with van der Waals surface area (Å²) in [6, 6.07) is -6.68. The molecule has 0 aromatic carbocycles. The number of nitrogens with zero attached hydrogens (tertiary/aromatic N) is 4. The number of aryl methyl sites for hydroxylation is 4. The fourth-order valence-corrected chi connectivity index (χ4v) is 3.35. The molecule has 0 aliphatic heterocycles. The van der Waals surface area contributed by atoms with Gasteiger partial charge in [-0.25, -0.2) is 4.79 Å². The molecule has 2 unspecified atom stereocenters. The van der Waals surface area contributed by atoms with Crippen molar-refractivity contribution in [3.63, 3.8) is 0 Å². The molecule has 13 heteroatoms. The number of urea groups is 1. The van der Waals surface area contributed by atoms with Crippen molar-refractivity contribution in [2.45, 2.75) is 52.1 Å². The van der Waals surface area contributed by atoms with E-state index in [9.17, 15) is 31.1 Å². The Hall–Kier alpha value is -2.73. The van der Waals surface area contributed by atoms with Gasteiger partial charge in [0.15, 0.2) is 12.1 Å². The van der Waals surface area contributed by atoms with E-state index in [2.05, 4.69) is 10.2 Å². The highest BCUT2D eigenvalue weighted by molar-refractivity contribution is 5.75. The van der Waals surface area contributed by atoms with Crippen LogP contribution in [0.2, 0.25) is 0 Å². The minimum absolute atomic E-state index is 0.00365. The smallest absolute Gasteiger partial charge is 0.322 e. The lowest BCUT2D eigenvalue weighted by Gasteiger charge is -2.26. The van der Waals surface area contributed by atoms with E-state index in [0.29, 0.717) is 0 Å². The van der Waals surface area contributed by atoms with Crippen LogP contribution in [0.15, 0.2) is 0 Å². The summed E-state index contributed by atoms with van der Waals surface area (Å²) in [4.78, 5) is 12.3. The van der Waals surface area contributed by atoms with Gasteiger partial charge in [-0.3, -0.25) is 9.36 Å². The molecule has 2 atom stereocenters. The molecule has 7 nitrogen and oxygen atoms in total. The van der Waals surface area contributed by atoms with Gasteiger partial charge in [0.2, 0.25) is 0 Å². The Morgan fingerprint density at radius 3 is 1.27 bits per heavy atom. The zero-order valence-electron chi connectivity index (χ0n) is 17.1. The summed E-state index contributed by atoms with van der Waals surface area (Å²) in [6.45, 7) is 5.38. The van der Waals surface area contributed by atoms with E-state index in [1.165, 1.54) is 51.2 Å². The number of alkyl halides is 6. The summed E-state index contributed by atoms with van der Waals surface area (Å²) in [6.07, 6.45) is -9.91. The maximum Gasteiger partial charge on any atom is 0.413 e. The molecule has 0 saturated carbocycles.